The molecule has 0 aliphatic rings. The maximum Gasteiger partial charge on any atom is 0.365 e. The number of carbonyl (C=O) groups is 1. The highest BCUT2D eigenvalue weighted by Gasteiger charge is 2.08. The molecule has 0 saturated heterocycles. The molecule has 0 bridgehead atoms. The maximum absolute atomic E-state index is 11.8. The van der Waals surface area contributed by atoms with Crippen LogP contribution < -0.4 is 0 Å². The molecule has 2 aromatic carbocycles. The van der Waals surface area contributed by atoms with Crippen molar-refractivity contribution in [2.24, 2.45) is 5.16 Å². The molecule has 0 radical (unpaired) electrons. The van der Waals surface area contributed by atoms with Crippen molar-refractivity contribution in [3.63, 3.8) is 0 Å². The lowest BCUT2D eigenvalue weighted by atomic mass is 10.1. The summed E-state index contributed by atoms with van der Waals surface area (Å²) in [6.45, 7) is 1.86. The zero-order valence-electron chi connectivity index (χ0n) is 10.3. The van der Waals surface area contributed by atoms with Crippen molar-refractivity contribution in [3.8, 4) is 0 Å². The Hall–Kier alpha value is -1.94. The van der Waals surface area contributed by atoms with Crippen LogP contribution in [0.25, 0.3) is 0 Å². The molecule has 0 aliphatic heterocycles. The molecule has 3 nitrogen and oxygen atoms in total. The minimum Gasteiger partial charge on any atom is -0.313 e. The van der Waals surface area contributed by atoms with Crippen molar-refractivity contribution < 1.29 is 9.63 Å². The smallest absolute Gasteiger partial charge is 0.313 e. The summed E-state index contributed by atoms with van der Waals surface area (Å²) in [6.07, 6.45) is 1.50. The second-order valence-electron chi connectivity index (χ2n) is 3.98. The highest BCUT2D eigenvalue weighted by Crippen LogP contribution is 2.10. The molecule has 0 aliphatic carbocycles. The van der Waals surface area contributed by atoms with Gasteiger partial charge in [-0.3, -0.25) is 0 Å². The van der Waals surface area contributed by atoms with E-state index in [0.29, 0.717) is 5.56 Å². The standard InChI is InChI=1S/C15H12BrNO2/c1-11-4-2-3-5-14(11)15(18)19-17-10-12-6-8-13(16)9-7-12/h2-10H,1H3. The largest absolute Gasteiger partial charge is 0.365 e. The van der Waals surface area contributed by atoms with E-state index in [1.54, 1.807) is 12.1 Å². The number of oxime groups is 1. The van der Waals surface area contributed by atoms with Crippen LogP contribution in [0.3, 0.4) is 0 Å². The SMILES string of the molecule is Cc1ccccc1C(=O)ON=Cc1ccc(Br)cc1. The fraction of sp³-hybridized carbons (Fsp3) is 0.0667. The first-order valence-corrected chi connectivity index (χ1v) is 6.52. The lowest BCUT2D eigenvalue weighted by molar-refractivity contribution is 0.0518. The number of carbonyl (C=O) groups excluding carboxylic acids is 1. The van der Waals surface area contributed by atoms with Crippen LogP contribution in [-0.4, -0.2) is 12.2 Å². The van der Waals surface area contributed by atoms with Gasteiger partial charge in [-0.05, 0) is 36.2 Å². The quantitative estimate of drug-likeness (QED) is 0.488. The van der Waals surface area contributed by atoms with Crippen LogP contribution >= 0.6 is 15.9 Å². The number of nitrogens with zero attached hydrogens (tertiary/aromatic N) is 1. The van der Waals surface area contributed by atoms with Gasteiger partial charge in [0.25, 0.3) is 0 Å². The topological polar surface area (TPSA) is 38.7 Å². The molecule has 0 amide bonds. The molecule has 19 heavy (non-hydrogen) atoms. The number of aryl methyl sites for hydroxylation is 1. The Morgan fingerprint density at radius 3 is 2.53 bits per heavy atom. The molecule has 0 heterocycles. The van der Waals surface area contributed by atoms with Crippen molar-refractivity contribution in [2.75, 3.05) is 0 Å². The molecular formula is C15H12BrNO2. The Kier molecular flexibility index (Phi) is 4.47. The second-order valence-corrected chi connectivity index (χ2v) is 4.90. The van der Waals surface area contributed by atoms with Crippen LogP contribution in [0.2, 0.25) is 0 Å². The van der Waals surface area contributed by atoms with Crippen molar-refractivity contribution in [2.45, 2.75) is 6.92 Å². The molecule has 0 fully saturated rings. The number of hydrogen-bond acceptors (Lipinski definition) is 3. The van der Waals surface area contributed by atoms with E-state index in [4.69, 9.17) is 4.84 Å². The molecule has 2 aromatic rings. The minimum absolute atomic E-state index is 0.452. The zero-order valence-corrected chi connectivity index (χ0v) is 11.9. The van der Waals surface area contributed by atoms with E-state index in [-0.39, 0.29) is 0 Å². The van der Waals surface area contributed by atoms with E-state index < -0.39 is 5.97 Å². The monoisotopic (exact) mass is 317 g/mol. The van der Waals surface area contributed by atoms with Gasteiger partial charge in [-0.15, -0.1) is 0 Å². The highest BCUT2D eigenvalue weighted by atomic mass is 79.9. The summed E-state index contributed by atoms with van der Waals surface area (Å²) in [7, 11) is 0. The van der Waals surface area contributed by atoms with E-state index in [1.807, 2.05) is 43.3 Å². The Labute approximate surface area is 120 Å². The van der Waals surface area contributed by atoms with E-state index in [0.717, 1.165) is 15.6 Å². The fourth-order valence-corrected chi connectivity index (χ4v) is 1.80. The Morgan fingerprint density at radius 2 is 1.84 bits per heavy atom. The molecule has 4 heteroatoms. The third kappa shape index (κ3) is 3.76. The summed E-state index contributed by atoms with van der Waals surface area (Å²) >= 11 is 3.35. The lowest BCUT2D eigenvalue weighted by Crippen LogP contribution is -2.03. The summed E-state index contributed by atoms with van der Waals surface area (Å²) < 4.78 is 0.988. The van der Waals surface area contributed by atoms with Gasteiger partial charge in [0, 0.05) is 4.47 Å². The van der Waals surface area contributed by atoms with Gasteiger partial charge < -0.3 is 4.84 Å². The average molecular weight is 318 g/mol. The van der Waals surface area contributed by atoms with Crippen LogP contribution in [0.1, 0.15) is 21.5 Å². The molecule has 96 valence electrons. The molecule has 0 atom stereocenters. The summed E-state index contributed by atoms with van der Waals surface area (Å²) in [5, 5.41) is 3.70. The molecule has 0 unspecified atom stereocenters. The summed E-state index contributed by atoms with van der Waals surface area (Å²) in [5.41, 5.74) is 2.25. The number of rotatable bonds is 3. The van der Waals surface area contributed by atoms with E-state index >= 15 is 0 Å². The van der Waals surface area contributed by atoms with E-state index in [1.165, 1.54) is 6.21 Å². The Bertz CT molecular complexity index is 606. The minimum atomic E-state index is -0.452. The number of halogens is 1. The normalized spacial score (nSPS) is 10.6. The summed E-state index contributed by atoms with van der Waals surface area (Å²) in [4.78, 5) is 16.6. The zero-order chi connectivity index (χ0) is 13.7. The van der Waals surface area contributed by atoms with Crippen LogP contribution in [0, 0.1) is 6.92 Å². The molecule has 0 aromatic heterocycles. The van der Waals surface area contributed by atoms with Crippen molar-refractivity contribution in [3.05, 3.63) is 69.7 Å². The van der Waals surface area contributed by atoms with Crippen molar-refractivity contribution >= 4 is 28.1 Å². The van der Waals surface area contributed by atoms with Gasteiger partial charge in [0.05, 0.1) is 11.8 Å². The van der Waals surface area contributed by atoms with Gasteiger partial charge in [0.2, 0.25) is 0 Å². The Morgan fingerprint density at radius 1 is 1.16 bits per heavy atom. The van der Waals surface area contributed by atoms with Gasteiger partial charge in [0.1, 0.15) is 0 Å². The first kappa shape index (κ1) is 13.5. The van der Waals surface area contributed by atoms with Gasteiger partial charge in [-0.2, -0.15) is 0 Å². The molecule has 0 spiro atoms. The predicted octanol–water partition coefficient (Wildman–Crippen LogP) is 3.95. The average Bonchev–Trinajstić information content (AvgIpc) is 2.41. The summed E-state index contributed by atoms with van der Waals surface area (Å²) in [6, 6.07) is 14.8. The third-order valence-electron chi connectivity index (χ3n) is 2.57. The van der Waals surface area contributed by atoms with Crippen LogP contribution in [-0.2, 0) is 4.84 Å². The summed E-state index contributed by atoms with van der Waals surface area (Å²) in [5.74, 6) is -0.452. The second kappa shape index (κ2) is 6.29. The van der Waals surface area contributed by atoms with Crippen LogP contribution in [0.4, 0.5) is 0 Å². The van der Waals surface area contributed by atoms with Crippen LogP contribution in [0.5, 0.6) is 0 Å². The van der Waals surface area contributed by atoms with E-state index in [2.05, 4.69) is 21.1 Å². The lowest BCUT2D eigenvalue weighted by Gasteiger charge is -2.01. The maximum atomic E-state index is 11.8. The van der Waals surface area contributed by atoms with Gasteiger partial charge in [0.15, 0.2) is 0 Å². The molecular weight excluding hydrogens is 306 g/mol. The van der Waals surface area contributed by atoms with Gasteiger partial charge >= 0.3 is 5.97 Å². The molecule has 0 saturated carbocycles. The van der Waals surface area contributed by atoms with E-state index in [9.17, 15) is 4.79 Å². The molecule has 0 N–H and O–H groups in total. The first-order valence-electron chi connectivity index (χ1n) is 5.73. The van der Waals surface area contributed by atoms with Crippen molar-refractivity contribution in [1.29, 1.82) is 0 Å². The number of hydrogen-bond donors (Lipinski definition) is 0. The van der Waals surface area contributed by atoms with Gasteiger partial charge in [-0.25, -0.2) is 4.79 Å². The number of benzene rings is 2. The highest BCUT2D eigenvalue weighted by molar-refractivity contribution is 9.10. The Balaban J connectivity index is 2.01. The van der Waals surface area contributed by atoms with Crippen LogP contribution in [0.15, 0.2) is 58.2 Å². The predicted molar refractivity (Wildman–Crippen MR) is 78.3 cm³/mol. The molecule has 2 rings (SSSR count). The van der Waals surface area contributed by atoms with Crippen molar-refractivity contribution in [1.82, 2.24) is 0 Å². The fourth-order valence-electron chi connectivity index (χ4n) is 1.54. The first-order chi connectivity index (χ1) is 9.16. The third-order valence-corrected chi connectivity index (χ3v) is 3.10. The van der Waals surface area contributed by atoms with Gasteiger partial charge in [-0.1, -0.05) is 51.4 Å².